The van der Waals surface area contributed by atoms with Gasteiger partial charge in [0.2, 0.25) is 5.95 Å². The second kappa shape index (κ2) is 5.46. The molecule has 0 fully saturated rings. The van der Waals surface area contributed by atoms with E-state index >= 15 is 0 Å². The van der Waals surface area contributed by atoms with Gasteiger partial charge in [0, 0.05) is 5.02 Å². The lowest BCUT2D eigenvalue weighted by Gasteiger charge is -2.31. The number of hydrogen-bond donors (Lipinski definition) is 1. The van der Waals surface area contributed by atoms with Crippen LogP contribution < -0.4 is 5.32 Å². The van der Waals surface area contributed by atoms with Crippen LogP contribution >= 0.6 is 11.6 Å². The van der Waals surface area contributed by atoms with Gasteiger partial charge in [0.05, 0.1) is 12.1 Å². The summed E-state index contributed by atoms with van der Waals surface area (Å²) in [4.78, 5) is 4.34. The van der Waals surface area contributed by atoms with E-state index in [-0.39, 0.29) is 12.1 Å². The molecule has 1 aliphatic heterocycles. The molecule has 5 heteroatoms. The van der Waals surface area contributed by atoms with E-state index < -0.39 is 0 Å². The maximum Gasteiger partial charge on any atom is 0.222 e. The molecule has 0 unspecified atom stereocenters. The molecule has 0 aliphatic carbocycles. The molecular weight excluding hydrogens is 296 g/mol. The van der Waals surface area contributed by atoms with Crippen LogP contribution in [0.25, 0.3) is 0 Å². The van der Waals surface area contributed by atoms with Crippen LogP contribution in [-0.2, 0) is 0 Å². The standard InChI is InChI=1S/C17H15ClN4/c18-14-8-4-7-13(9-14)16-10-15(12-5-2-1-3-6-12)21-17-19-11-20-22(16)17/h1-9,11,15-16H,10H2,(H,19,20,21)/t15-,16+/m1/s1. The van der Waals surface area contributed by atoms with Crippen molar-refractivity contribution < 1.29 is 0 Å². The van der Waals surface area contributed by atoms with Crippen LogP contribution in [0, 0.1) is 0 Å². The monoisotopic (exact) mass is 310 g/mol. The van der Waals surface area contributed by atoms with Crippen molar-refractivity contribution in [3.63, 3.8) is 0 Å². The molecule has 0 saturated carbocycles. The third-order valence-electron chi connectivity index (χ3n) is 4.07. The second-order valence-electron chi connectivity index (χ2n) is 5.44. The van der Waals surface area contributed by atoms with E-state index in [0.717, 1.165) is 23.0 Å². The number of hydrogen-bond acceptors (Lipinski definition) is 3. The lowest BCUT2D eigenvalue weighted by atomic mass is 9.93. The van der Waals surface area contributed by atoms with Crippen molar-refractivity contribution in [1.29, 1.82) is 0 Å². The summed E-state index contributed by atoms with van der Waals surface area (Å²) in [5, 5.41) is 8.58. The Bertz CT molecular complexity index is 784. The molecule has 2 atom stereocenters. The van der Waals surface area contributed by atoms with Crippen LogP contribution in [0.2, 0.25) is 5.02 Å². The third-order valence-corrected chi connectivity index (χ3v) is 4.30. The minimum atomic E-state index is 0.127. The number of fused-ring (bicyclic) bond motifs is 1. The maximum absolute atomic E-state index is 6.16. The Morgan fingerprint density at radius 1 is 1.05 bits per heavy atom. The molecule has 3 aromatic rings. The summed E-state index contributed by atoms with van der Waals surface area (Å²) in [6.07, 6.45) is 2.49. The first-order valence-corrected chi connectivity index (χ1v) is 7.65. The van der Waals surface area contributed by atoms with E-state index in [4.69, 9.17) is 11.6 Å². The van der Waals surface area contributed by atoms with Gasteiger partial charge in [-0.05, 0) is 29.7 Å². The normalized spacial score (nSPS) is 20.2. The molecule has 0 bridgehead atoms. The SMILES string of the molecule is Clc1cccc([C@@H]2C[C@H](c3ccccc3)Nc3ncnn32)c1. The molecule has 1 N–H and O–H groups in total. The van der Waals surface area contributed by atoms with Gasteiger partial charge in [0.15, 0.2) is 0 Å². The summed E-state index contributed by atoms with van der Waals surface area (Å²) < 4.78 is 1.94. The Morgan fingerprint density at radius 3 is 2.68 bits per heavy atom. The van der Waals surface area contributed by atoms with E-state index in [0.29, 0.717) is 0 Å². The highest BCUT2D eigenvalue weighted by Gasteiger charge is 2.29. The topological polar surface area (TPSA) is 42.7 Å². The van der Waals surface area contributed by atoms with Gasteiger partial charge < -0.3 is 5.32 Å². The van der Waals surface area contributed by atoms with Gasteiger partial charge in [-0.25, -0.2) is 4.68 Å². The Kier molecular flexibility index (Phi) is 3.31. The molecule has 0 saturated heterocycles. The lowest BCUT2D eigenvalue weighted by molar-refractivity contribution is 0.431. The fourth-order valence-electron chi connectivity index (χ4n) is 3.02. The van der Waals surface area contributed by atoms with Crippen molar-refractivity contribution >= 4 is 17.5 Å². The highest BCUT2D eigenvalue weighted by Crippen LogP contribution is 2.37. The highest BCUT2D eigenvalue weighted by atomic mass is 35.5. The molecule has 1 aliphatic rings. The molecule has 110 valence electrons. The van der Waals surface area contributed by atoms with Gasteiger partial charge in [-0.1, -0.05) is 54.1 Å². The molecule has 1 aromatic heterocycles. The summed E-state index contributed by atoms with van der Waals surface area (Å²) >= 11 is 6.16. The van der Waals surface area contributed by atoms with Crippen molar-refractivity contribution in [3.05, 3.63) is 77.1 Å². The van der Waals surface area contributed by atoms with Crippen LogP contribution in [0.15, 0.2) is 60.9 Å². The third kappa shape index (κ3) is 2.35. The van der Waals surface area contributed by atoms with Crippen molar-refractivity contribution in [2.45, 2.75) is 18.5 Å². The Labute approximate surface area is 133 Å². The quantitative estimate of drug-likeness (QED) is 0.775. The van der Waals surface area contributed by atoms with E-state index in [1.807, 2.05) is 28.9 Å². The number of rotatable bonds is 2. The summed E-state index contributed by atoms with van der Waals surface area (Å²) in [5.74, 6) is 0.796. The van der Waals surface area contributed by atoms with Gasteiger partial charge >= 0.3 is 0 Å². The van der Waals surface area contributed by atoms with Gasteiger partial charge in [0.25, 0.3) is 0 Å². The zero-order valence-corrected chi connectivity index (χ0v) is 12.6. The summed E-state index contributed by atoms with van der Waals surface area (Å²) in [6, 6.07) is 18.7. The summed E-state index contributed by atoms with van der Waals surface area (Å²) in [6.45, 7) is 0. The predicted molar refractivity (Wildman–Crippen MR) is 87.0 cm³/mol. The molecule has 2 heterocycles. The van der Waals surface area contributed by atoms with Crippen LogP contribution in [0.4, 0.5) is 5.95 Å². The first-order valence-electron chi connectivity index (χ1n) is 7.28. The van der Waals surface area contributed by atoms with E-state index in [9.17, 15) is 0 Å². The predicted octanol–water partition coefficient (Wildman–Crippen LogP) is 4.08. The van der Waals surface area contributed by atoms with Crippen LogP contribution in [0.3, 0.4) is 0 Å². The van der Waals surface area contributed by atoms with Gasteiger partial charge in [-0.15, -0.1) is 0 Å². The fourth-order valence-corrected chi connectivity index (χ4v) is 3.21. The van der Waals surface area contributed by atoms with Gasteiger partial charge in [-0.3, -0.25) is 0 Å². The minimum Gasteiger partial charge on any atom is -0.348 e. The number of nitrogens with zero attached hydrogens (tertiary/aromatic N) is 3. The van der Waals surface area contributed by atoms with Crippen LogP contribution in [-0.4, -0.2) is 14.8 Å². The van der Waals surface area contributed by atoms with E-state index in [2.05, 4.69) is 45.7 Å². The first-order chi connectivity index (χ1) is 10.8. The van der Waals surface area contributed by atoms with Crippen molar-refractivity contribution in [3.8, 4) is 0 Å². The number of nitrogens with one attached hydrogen (secondary N) is 1. The Morgan fingerprint density at radius 2 is 1.86 bits per heavy atom. The minimum absolute atomic E-state index is 0.127. The van der Waals surface area contributed by atoms with Crippen molar-refractivity contribution in [2.75, 3.05) is 5.32 Å². The number of benzene rings is 2. The number of halogens is 1. The molecule has 0 spiro atoms. The van der Waals surface area contributed by atoms with E-state index in [1.54, 1.807) is 6.33 Å². The van der Waals surface area contributed by atoms with Gasteiger partial charge in [0.1, 0.15) is 6.33 Å². The molecule has 2 aromatic carbocycles. The second-order valence-corrected chi connectivity index (χ2v) is 5.88. The van der Waals surface area contributed by atoms with Crippen molar-refractivity contribution in [1.82, 2.24) is 14.8 Å². The van der Waals surface area contributed by atoms with Crippen LogP contribution in [0.1, 0.15) is 29.6 Å². The Hall–Kier alpha value is -2.33. The maximum atomic E-state index is 6.16. The number of anilines is 1. The zero-order valence-electron chi connectivity index (χ0n) is 11.9. The molecular formula is C17H15ClN4. The number of aromatic nitrogens is 3. The fraction of sp³-hybridized carbons (Fsp3) is 0.176. The molecule has 4 nitrogen and oxygen atoms in total. The molecule has 22 heavy (non-hydrogen) atoms. The smallest absolute Gasteiger partial charge is 0.222 e. The van der Waals surface area contributed by atoms with Gasteiger partial charge in [-0.2, -0.15) is 10.1 Å². The highest BCUT2D eigenvalue weighted by molar-refractivity contribution is 6.30. The molecule has 0 radical (unpaired) electrons. The van der Waals surface area contributed by atoms with E-state index in [1.165, 1.54) is 5.56 Å². The Balaban J connectivity index is 1.75. The molecule has 0 amide bonds. The largest absolute Gasteiger partial charge is 0.348 e. The lowest BCUT2D eigenvalue weighted by Crippen LogP contribution is -2.28. The molecule has 4 rings (SSSR count). The van der Waals surface area contributed by atoms with Crippen molar-refractivity contribution in [2.24, 2.45) is 0 Å². The first kappa shape index (κ1) is 13.3. The average molecular weight is 311 g/mol. The average Bonchev–Trinajstić information content (AvgIpc) is 3.03. The summed E-state index contributed by atoms with van der Waals surface area (Å²) in [5.41, 5.74) is 2.41. The van der Waals surface area contributed by atoms with Crippen LogP contribution in [0.5, 0.6) is 0 Å². The summed E-state index contributed by atoms with van der Waals surface area (Å²) in [7, 11) is 0. The zero-order chi connectivity index (χ0) is 14.9.